The lowest BCUT2D eigenvalue weighted by Crippen LogP contribution is -2.06. The first-order valence-corrected chi connectivity index (χ1v) is 6.86. The summed E-state index contributed by atoms with van der Waals surface area (Å²) < 4.78 is 0. The van der Waals surface area contributed by atoms with Gasteiger partial charge in [0.15, 0.2) is 0 Å². The number of nitrogens with one attached hydrogen (secondary N) is 1. The summed E-state index contributed by atoms with van der Waals surface area (Å²) in [5, 5.41) is 3.07. The average Bonchev–Trinajstić information content (AvgIpc) is 2.17. The largest absolute Gasteiger partial charge is 0.320 e. The highest BCUT2D eigenvalue weighted by atomic mass is 32.2. The third kappa shape index (κ3) is 24.5. The molecule has 0 aliphatic carbocycles. The minimum absolute atomic E-state index is 1.16. The first-order chi connectivity index (χ1) is 6.33. The molecule has 0 heterocycles. The summed E-state index contributed by atoms with van der Waals surface area (Å²) in [6.45, 7) is 5.59. The minimum Gasteiger partial charge on any atom is -0.320 e. The van der Waals surface area contributed by atoms with Gasteiger partial charge in [0, 0.05) is 0 Å². The van der Waals surface area contributed by atoms with E-state index in [1.165, 1.54) is 37.9 Å². The van der Waals surface area contributed by atoms with Crippen molar-refractivity contribution in [1.82, 2.24) is 5.32 Å². The summed E-state index contributed by atoms with van der Waals surface area (Å²) in [5.41, 5.74) is 0. The Labute approximate surface area is 89.1 Å². The Morgan fingerprint density at radius 2 is 1.62 bits per heavy atom. The van der Waals surface area contributed by atoms with E-state index in [9.17, 15) is 0 Å². The molecule has 0 aromatic carbocycles. The second kappa shape index (κ2) is 18.2. The zero-order chi connectivity index (χ0) is 10.4. The zero-order valence-corrected chi connectivity index (χ0v) is 10.7. The molecule has 0 radical (unpaired) electrons. The third-order valence-corrected chi connectivity index (χ3v) is 2.43. The highest BCUT2D eigenvalue weighted by molar-refractivity contribution is 7.98. The molecule has 0 spiro atoms. The maximum atomic E-state index is 3.07. The van der Waals surface area contributed by atoms with Crippen LogP contribution in [-0.2, 0) is 0 Å². The predicted molar refractivity (Wildman–Crippen MR) is 66.7 cm³/mol. The summed E-state index contributed by atoms with van der Waals surface area (Å²) in [5.74, 6) is 1.34. The fourth-order valence-electron chi connectivity index (χ4n) is 0.850. The normalized spacial score (nSPS) is 9.23. The fraction of sp³-hybridized carbons (Fsp3) is 1.00. The standard InChI is InChI=1S/C6H14S.C5H13N/c1-3-4-5-6-7-2;1-3-4-5-6-2/h3-6H2,1-2H3;6H,3-5H2,1-2H3. The molecule has 2 heteroatoms. The molecule has 0 atom stereocenters. The van der Waals surface area contributed by atoms with Crippen LogP contribution in [0.3, 0.4) is 0 Å². The van der Waals surface area contributed by atoms with Crippen LogP contribution in [0.1, 0.15) is 46.0 Å². The highest BCUT2D eigenvalue weighted by Crippen LogP contribution is 2.00. The van der Waals surface area contributed by atoms with Gasteiger partial charge in [-0.2, -0.15) is 11.8 Å². The molecule has 0 amide bonds. The molecule has 0 saturated carbocycles. The van der Waals surface area contributed by atoms with E-state index in [2.05, 4.69) is 25.4 Å². The van der Waals surface area contributed by atoms with Gasteiger partial charge in [-0.25, -0.2) is 0 Å². The van der Waals surface area contributed by atoms with Gasteiger partial charge in [0.2, 0.25) is 0 Å². The smallest absolute Gasteiger partial charge is 0.00520 e. The van der Waals surface area contributed by atoms with Gasteiger partial charge in [0.05, 0.1) is 0 Å². The maximum absolute atomic E-state index is 3.07. The lowest BCUT2D eigenvalue weighted by Gasteiger charge is -1.90. The van der Waals surface area contributed by atoms with Crippen molar-refractivity contribution in [2.24, 2.45) is 0 Å². The van der Waals surface area contributed by atoms with Gasteiger partial charge in [-0.3, -0.25) is 0 Å². The van der Waals surface area contributed by atoms with E-state index in [-0.39, 0.29) is 0 Å². The van der Waals surface area contributed by atoms with Gasteiger partial charge in [-0.15, -0.1) is 0 Å². The van der Waals surface area contributed by atoms with Gasteiger partial charge in [-0.05, 0) is 38.4 Å². The molecule has 0 fully saturated rings. The molecule has 82 valence electrons. The van der Waals surface area contributed by atoms with Crippen LogP contribution < -0.4 is 5.32 Å². The molecular weight excluding hydrogens is 178 g/mol. The van der Waals surface area contributed by atoms with Crippen LogP contribution >= 0.6 is 11.8 Å². The molecule has 0 rings (SSSR count). The molecule has 0 bridgehead atoms. The number of thioether (sulfide) groups is 1. The molecule has 0 aromatic rings. The van der Waals surface area contributed by atoms with Crippen LogP contribution in [0, 0.1) is 0 Å². The van der Waals surface area contributed by atoms with Gasteiger partial charge in [-0.1, -0.05) is 33.1 Å². The van der Waals surface area contributed by atoms with Crippen LogP contribution in [0.2, 0.25) is 0 Å². The summed E-state index contributed by atoms with van der Waals surface area (Å²) >= 11 is 1.94. The topological polar surface area (TPSA) is 12.0 Å². The predicted octanol–water partition coefficient (Wildman–Crippen LogP) is 3.55. The van der Waals surface area contributed by atoms with Crippen molar-refractivity contribution in [3.63, 3.8) is 0 Å². The van der Waals surface area contributed by atoms with Crippen LogP contribution in [0.25, 0.3) is 0 Å². The van der Waals surface area contributed by atoms with Gasteiger partial charge in [0.25, 0.3) is 0 Å². The molecule has 0 unspecified atom stereocenters. The average molecular weight is 205 g/mol. The summed E-state index contributed by atoms with van der Waals surface area (Å²) in [6, 6.07) is 0. The Morgan fingerprint density at radius 3 is 1.92 bits per heavy atom. The number of hydrogen-bond donors (Lipinski definition) is 1. The van der Waals surface area contributed by atoms with E-state index in [0.717, 1.165) is 6.54 Å². The number of hydrogen-bond acceptors (Lipinski definition) is 2. The number of rotatable bonds is 7. The SMILES string of the molecule is CCCCCSC.CCCCNC. The Kier molecular flexibility index (Phi) is 22.0. The molecular formula is C11H27NS. The Morgan fingerprint density at radius 1 is 1.00 bits per heavy atom. The zero-order valence-electron chi connectivity index (χ0n) is 9.86. The van der Waals surface area contributed by atoms with Crippen molar-refractivity contribution in [1.29, 1.82) is 0 Å². The molecule has 0 aliphatic heterocycles. The maximum Gasteiger partial charge on any atom is -0.00520 e. The molecule has 1 N–H and O–H groups in total. The third-order valence-electron chi connectivity index (χ3n) is 1.73. The van der Waals surface area contributed by atoms with E-state index >= 15 is 0 Å². The van der Waals surface area contributed by atoms with Crippen molar-refractivity contribution in [3.8, 4) is 0 Å². The molecule has 1 nitrogen and oxygen atoms in total. The fourth-order valence-corrected chi connectivity index (χ4v) is 1.34. The number of unbranched alkanes of at least 4 members (excludes halogenated alkanes) is 3. The molecule has 13 heavy (non-hydrogen) atoms. The highest BCUT2D eigenvalue weighted by Gasteiger charge is 1.80. The molecule has 0 aromatic heterocycles. The van der Waals surface area contributed by atoms with E-state index in [4.69, 9.17) is 0 Å². The summed E-state index contributed by atoms with van der Waals surface area (Å²) in [6.07, 6.45) is 8.91. The lowest BCUT2D eigenvalue weighted by atomic mass is 10.3. The Bertz CT molecular complexity index is 59.1. The Hall–Kier alpha value is 0.310. The second-order valence-electron chi connectivity index (χ2n) is 3.16. The van der Waals surface area contributed by atoms with Gasteiger partial charge in [0.1, 0.15) is 0 Å². The van der Waals surface area contributed by atoms with Crippen molar-refractivity contribution in [2.75, 3.05) is 25.6 Å². The molecule has 0 aliphatic rings. The quantitative estimate of drug-likeness (QED) is 0.638. The second-order valence-corrected chi connectivity index (χ2v) is 4.14. The van der Waals surface area contributed by atoms with Crippen LogP contribution in [0.5, 0.6) is 0 Å². The van der Waals surface area contributed by atoms with E-state index in [0.29, 0.717) is 0 Å². The first kappa shape index (κ1) is 15.8. The van der Waals surface area contributed by atoms with Crippen LogP contribution in [0.15, 0.2) is 0 Å². The van der Waals surface area contributed by atoms with Crippen molar-refractivity contribution in [2.45, 2.75) is 46.0 Å². The summed E-state index contributed by atoms with van der Waals surface area (Å²) in [7, 11) is 1.98. The van der Waals surface area contributed by atoms with Crippen molar-refractivity contribution < 1.29 is 0 Å². The van der Waals surface area contributed by atoms with Crippen LogP contribution in [0.4, 0.5) is 0 Å². The van der Waals surface area contributed by atoms with E-state index in [1.807, 2.05) is 18.8 Å². The van der Waals surface area contributed by atoms with Crippen molar-refractivity contribution >= 4 is 11.8 Å². The molecule has 0 saturated heterocycles. The summed E-state index contributed by atoms with van der Waals surface area (Å²) in [4.78, 5) is 0. The lowest BCUT2D eigenvalue weighted by molar-refractivity contribution is 0.711. The minimum atomic E-state index is 1.16. The monoisotopic (exact) mass is 205 g/mol. The van der Waals surface area contributed by atoms with Crippen LogP contribution in [-0.4, -0.2) is 25.6 Å². The van der Waals surface area contributed by atoms with Gasteiger partial charge >= 0.3 is 0 Å². The van der Waals surface area contributed by atoms with Crippen molar-refractivity contribution in [3.05, 3.63) is 0 Å². The van der Waals surface area contributed by atoms with E-state index < -0.39 is 0 Å². The van der Waals surface area contributed by atoms with E-state index in [1.54, 1.807) is 0 Å². The van der Waals surface area contributed by atoms with Gasteiger partial charge < -0.3 is 5.32 Å². The Balaban J connectivity index is 0. The first-order valence-electron chi connectivity index (χ1n) is 5.46.